The summed E-state index contributed by atoms with van der Waals surface area (Å²) in [5.74, 6) is 0.915. The Labute approximate surface area is 109 Å². The average Bonchev–Trinajstić information content (AvgIpc) is 2.68. The molecule has 0 bridgehead atoms. The van der Waals surface area contributed by atoms with Crippen LogP contribution in [-0.2, 0) is 11.2 Å². The smallest absolute Gasteiger partial charge is 0.109 e. The van der Waals surface area contributed by atoms with Gasteiger partial charge in [0.05, 0.1) is 17.1 Å². The van der Waals surface area contributed by atoms with Gasteiger partial charge in [0.25, 0.3) is 0 Å². The van der Waals surface area contributed by atoms with Gasteiger partial charge < -0.3 is 15.5 Å². The first-order valence-electron chi connectivity index (χ1n) is 5.51. The fourth-order valence-corrected chi connectivity index (χ4v) is 2.45. The van der Waals surface area contributed by atoms with E-state index in [1.54, 1.807) is 7.11 Å². The van der Waals surface area contributed by atoms with Crippen LogP contribution in [0.15, 0.2) is 16.6 Å². The van der Waals surface area contributed by atoms with E-state index in [1.807, 2.05) is 6.07 Å². The van der Waals surface area contributed by atoms with E-state index in [4.69, 9.17) is 10.5 Å². The number of halogens is 1. The van der Waals surface area contributed by atoms with Crippen LogP contribution in [0.25, 0.3) is 11.0 Å². The molecule has 0 aliphatic heterocycles. The van der Waals surface area contributed by atoms with E-state index < -0.39 is 0 Å². The lowest BCUT2D eigenvalue weighted by Gasteiger charge is -2.09. The summed E-state index contributed by atoms with van der Waals surface area (Å²) in [4.78, 5) is 7.88. The molecule has 1 heterocycles. The van der Waals surface area contributed by atoms with Crippen molar-refractivity contribution in [3.8, 4) is 0 Å². The Hall–Kier alpha value is -0.910. The molecule has 17 heavy (non-hydrogen) atoms. The lowest BCUT2D eigenvalue weighted by molar-refractivity contribution is 0.108. The number of H-pyrrole nitrogens is 1. The van der Waals surface area contributed by atoms with Crippen molar-refractivity contribution < 1.29 is 4.74 Å². The quantitative estimate of drug-likeness (QED) is 0.909. The molecule has 3 N–H and O–H groups in total. The van der Waals surface area contributed by atoms with Gasteiger partial charge >= 0.3 is 0 Å². The molecule has 0 aliphatic carbocycles. The number of nitrogens with one attached hydrogen (secondary N) is 1. The Morgan fingerprint density at radius 2 is 2.29 bits per heavy atom. The number of methoxy groups -OCH3 is 1. The molecule has 0 saturated heterocycles. The fourth-order valence-electron chi connectivity index (χ4n) is 1.87. The third-order valence-electron chi connectivity index (χ3n) is 2.81. The lowest BCUT2D eigenvalue weighted by atomic mass is 10.2. The van der Waals surface area contributed by atoms with E-state index >= 15 is 0 Å². The summed E-state index contributed by atoms with van der Waals surface area (Å²) in [6, 6.07) is 4.09. The molecular formula is C12H16BrN3O. The maximum atomic E-state index is 5.61. The predicted octanol–water partition coefficient (Wildman–Crippen LogP) is 2.15. The zero-order chi connectivity index (χ0) is 12.4. The van der Waals surface area contributed by atoms with Crippen LogP contribution in [0.2, 0.25) is 0 Å². The number of fused-ring (bicyclic) bond motifs is 1. The SMILES string of the molecule is COC(CN)Cc1nc2c(C)cc(Br)cc2[nH]1. The second kappa shape index (κ2) is 5.16. The van der Waals surface area contributed by atoms with Crippen molar-refractivity contribution in [3.05, 3.63) is 28.0 Å². The van der Waals surface area contributed by atoms with Crippen molar-refractivity contribution in [2.75, 3.05) is 13.7 Å². The number of rotatable bonds is 4. The van der Waals surface area contributed by atoms with Crippen LogP contribution in [-0.4, -0.2) is 29.7 Å². The number of hydrogen-bond acceptors (Lipinski definition) is 3. The molecule has 0 fully saturated rings. The molecule has 0 radical (unpaired) electrons. The van der Waals surface area contributed by atoms with Crippen molar-refractivity contribution in [1.29, 1.82) is 0 Å². The van der Waals surface area contributed by atoms with Gasteiger partial charge in [0, 0.05) is 24.5 Å². The Bertz CT molecular complexity index is 520. The van der Waals surface area contributed by atoms with Crippen molar-refractivity contribution in [2.45, 2.75) is 19.4 Å². The number of nitrogens with two attached hydrogens (primary N) is 1. The zero-order valence-corrected chi connectivity index (χ0v) is 11.5. The van der Waals surface area contributed by atoms with Crippen LogP contribution in [0.1, 0.15) is 11.4 Å². The Balaban J connectivity index is 2.34. The molecule has 2 aromatic rings. The van der Waals surface area contributed by atoms with Gasteiger partial charge in [0.1, 0.15) is 5.82 Å². The third kappa shape index (κ3) is 2.68. The van der Waals surface area contributed by atoms with Gasteiger partial charge in [0.15, 0.2) is 0 Å². The van der Waals surface area contributed by atoms with Crippen LogP contribution in [0.4, 0.5) is 0 Å². The molecule has 1 atom stereocenters. The Kier molecular flexibility index (Phi) is 3.81. The summed E-state index contributed by atoms with van der Waals surface area (Å²) in [7, 11) is 1.67. The topological polar surface area (TPSA) is 63.9 Å². The Morgan fingerprint density at radius 3 is 2.94 bits per heavy atom. The zero-order valence-electron chi connectivity index (χ0n) is 9.96. The van der Waals surface area contributed by atoms with Crippen molar-refractivity contribution in [3.63, 3.8) is 0 Å². The largest absolute Gasteiger partial charge is 0.380 e. The van der Waals surface area contributed by atoms with Gasteiger partial charge in [-0.25, -0.2) is 4.98 Å². The highest BCUT2D eigenvalue weighted by Crippen LogP contribution is 2.22. The minimum atomic E-state index is 0.0132. The van der Waals surface area contributed by atoms with Crippen LogP contribution in [0, 0.1) is 6.92 Å². The molecule has 1 aromatic heterocycles. The van der Waals surface area contributed by atoms with Crippen molar-refractivity contribution in [1.82, 2.24) is 9.97 Å². The third-order valence-corrected chi connectivity index (χ3v) is 3.27. The first-order valence-corrected chi connectivity index (χ1v) is 6.31. The first-order chi connectivity index (χ1) is 8.13. The van der Waals surface area contributed by atoms with Crippen LogP contribution < -0.4 is 5.73 Å². The molecule has 0 spiro atoms. The normalized spacial score (nSPS) is 13.2. The van der Waals surface area contributed by atoms with E-state index in [0.29, 0.717) is 13.0 Å². The number of ether oxygens (including phenoxy) is 1. The maximum absolute atomic E-state index is 5.61. The molecule has 0 amide bonds. The summed E-state index contributed by atoms with van der Waals surface area (Å²) in [5.41, 5.74) is 8.81. The van der Waals surface area contributed by atoms with Crippen LogP contribution >= 0.6 is 15.9 Å². The summed E-state index contributed by atoms with van der Waals surface area (Å²) in [5, 5.41) is 0. The van der Waals surface area contributed by atoms with Crippen LogP contribution in [0.5, 0.6) is 0 Å². The number of aryl methyl sites for hydroxylation is 1. The standard InChI is InChI=1S/C12H16BrN3O/c1-7-3-8(13)4-10-12(7)16-11(15-10)5-9(6-14)17-2/h3-4,9H,5-6,14H2,1-2H3,(H,15,16). The number of benzene rings is 1. The second-order valence-electron chi connectivity index (χ2n) is 4.10. The minimum Gasteiger partial charge on any atom is -0.380 e. The molecule has 4 nitrogen and oxygen atoms in total. The van der Waals surface area contributed by atoms with E-state index in [1.165, 1.54) is 0 Å². The molecule has 0 aliphatic rings. The molecule has 1 aromatic carbocycles. The van der Waals surface area contributed by atoms with Crippen molar-refractivity contribution in [2.24, 2.45) is 5.73 Å². The van der Waals surface area contributed by atoms with Gasteiger partial charge in [-0.3, -0.25) is 0 Å². The lowest BCUT2D eigenvalue weighted by Crippen LogP contribution is -2.25. The second-order valence-corrected chi connectivity index (χ2v) is 5.02. The number of aromatic nitrogens is 2. The highest BCUT2D eigenvalue weighted by Gasteiger charge is 2.11. The van der Waals surface area contributed by atoms with Gasteiger partial charge in [-0.15, -0.1) is 0 Å². The molecule has 0 saturated carbocycles. The fraction of sp³-hybridized carbons (Fsp3) is 0.417. The molecular weight excluding hydrogens is 282 g/mol. The highest BCUT2D eigenvalue weighted by atomic mass is 79.9. The summed E-state index contributed by atoms with van der Waals surface area (Å²) in [6.45, 7) is 2.55. The highest BCUT2D eigenvalue weighted by molar-refractivity contribution is 9.10. The summed E-state index contributed by atoms with van der Waals surface area (Å²) < 4.78 is 6.31. The molecule has 1 unspecified atom stereocenters. The molecule has 5 heteroatoms. The number of hydrogen-bond donors (Lipinski definition) is 2. The summed E-state index contributed by atoms with van der Waals surface area (Å²) in [6.07, 6.45) is 0.720. The van der Waals surface area contributed by atoms with Gasteiger partial charge in [-0.1, -0.05) is 15.9 Å². The number of aromatic amines is 1. The summed E-state index contributed by atoms with van der Waals surface area (Å²) >= 11 is 3.48. The minimum absolute atomic E-state index is 0.0132. The van der Waals surface area contributed by atoms with E-state index in [0.717, 1.165) is 26.9 Å². The molecule has 92 valence electrons. The molecule has 2 rings (SSSR count). The van der Waals surface area contributed by atoms with Crippen LogP contribution in [0.3, 0.4) is 0 Å². The average molecular weight is 298 g/mol. The number of imidazole rings is 1. The Morgan fingerprint density at radius 1 is 1.53 bits per heavy atom. The van der Waals surface area contributed by atoms with Gasteiger partial charge in [-0.2, -0.15) is 0 Å². The first kappa shape index (κ1) is 12.5. The monoisotopic (exact) mass is 297 g/mol. The van der Waals surface area contributed by atoms with E-state index in [9.17, 15) is 0 Å². The van der Waals surface area contributed by atoms with Gasteiger partial charge in [-0.05, 0) is 24.6 Å². The number of nitrogens with zero attached hydrogens (tertiary/aromatic N) is 1. The van der Waals surface area contributed by atoms with Crippen molar-refractivity contribution >= 4 is 27.0 Å². The maximum Gasteiger partial charge on any atom is 0.109 e. The van der Waals surface area contributed by atoms with E-state index in [2.05, 4.69) is 38.9 Å². The van der Waals surface area contributed by atoms with Gasteiger partial charge in [0.2, 0.25) is 0 Å². The predicted molar refractivity (Wildman–Crippen MR) is 72.1 cm³/mol. The van der Waals surface area contributed by atoms with E-state index in [-0.39, 0.29) is 6.10 Å².